The number of nitrogens with zero attached hydrogens (tertiary/aromatic N) is 1. The van der Waals surface area contributed by atoms with E-state index in [2.05, 4.69) is 5.32 Å². The van der Waals surface area contributed by atoms with Crippen LogP contribution >= 0.6 is 11.6 Å². The standard InChI is InChI=1S/C13H8ClFN2O4/c14-9-7-8(17(19)20)5-6-12(9)21-13(18)16-11-4-2-1-3-10(11)15/h1-7H,(H,16,18). The van der Waals surface area contributed by atoms with E-state index in [0.29, 0.717) is 0 Å². The number of anilines is 1. The molecule has 0 atom stereocenters. The van der Waals surface area contributed by atoms with Gasteiger partial charge in [-0.25, -0.2) is 9.18 Å². The molecule has 0 heterocycles. The molecule has 0 spiro atoms. The summed E-state index contributed by atoms with van der Waals surface area (Å²) in [5.41, 5.74) is -0.289. The molecule has 0 saturated heterocycles. The summed E-state index contributed by atoms with van der Waals surface area (Å²) < 4.78 is 18.2. The fourth-order valence-electron chi connectivity index (χ4n) is 1.48. The Morgan fingerprint density at radius 1 is 1.29 bits per heavy atom. The number of nitro benzene ring substituents is 1. The van der Waals surface area contributed by atoms with E-state index < -0.39 is 16.8 Å². The van der Waals surface area contributed by atoms with Gasteiger partial charge in [0.05, 0.1) is 15.6 Å². The molecule has 0 aliphatic heterocycles. The summed E-state index contributed by atoms with van der Waals surface area (Å²) in [5, 5.41) is 12.6. The van der Waals surface area contributed by atoms with Gasteiger partial charge in [0.15, 0.2) is 5.75 Å². The fraction of sp³-hybridized carbons (Fsp3) is 0. The van der Waals surface area contributed by atoms with Crippen molar-refractivity contribution < 1.29 is 18.8 Å². The van der Waals surface area contributed by atoms with E-state index in [-0.39, 0.29) is 22.1 Å². The van der Waals surface area contributed by atoms with Crippen molar-refractivity contribution in [2.45, 2.75) is 0 Å². The molecule has 0 saturated carbocycles. The third-order valence-corrected chi connectivity index (χ3v) is 2.73. The Labute approximate surface area is 123 Å². The molecule has 108 valence electrons. The van der Waals surface area contributed by atoms with Gasteiger partial charge in [-0.15, -0.1) is 0 Å². The number of non-ortho nitro benzene ring substituents is 1. The zero-order chi connectivity index (χ0) is 15.4. The van der Waals surface area contributed by atoms with E-state index in [4.69, 9.17) is 16.3 Å². The zero-order valence-electron chi connectivity index (χ0n) is 10.4. The predicted molar refractivity (Wildman–Crippen MR) is 74.2 cm³/mol. The number of rotatable bonds is 3. The van der Waals surface area contributed by atoms with E-state index in [1.807, 2.05) is 0 Å². The Balaban J connectivity index is 2.10. The van der Waals surface area contributed by atoms with Crippen molar-refractivity contribution in [3.05, 3.63) is 63.4 Å². The molecular formula is C13H8ClFN2O4. The normalized spacial score (nSPS) is 10.0. The highest BCUT2D eigenvalue weighted by Crippen LogP contribution is 2.29. The van der Waals surface area contributed by atoms with Crippen LogP contribution in [0.4, 0.5) is 20.6 Å². The van der Waals surface area contributed by atoms with E-state index in [0.717, 1.165) is 12.1 Å². The quantitative estimate of drug-likeness (QED) is 0.686. The molecule has 0 unspecified atom stereocenters. The van der Waals surface area contributed by atoms with Crippen molar-refractivity contribution in [3.63, 3.8) is 0 Å². The summed E-state index contributed by atoms with van der Waals surface area (Å²) in [7, 11) is 0. The lowest BCUT2D eigenvalue weighted by molar-refractivity contribution is -0.384. The predicted octanol–water partition coefficient (Wildman–Crippen LogP) is 4.00. The highest BCUT2D eigenvalue weighted by molar-refractivity contribution is 6.32. The van der Waals surface area contributed by atoms with Crippen molar-refractivity contribution in [1.29, 1.82) is 0 Å². The van der Waals surface area contributed by atoms with Crippen LogP contribution in [0.5, 0.6) is 5.75 Å². The minimum absolute atomic E-state index is 0.0551. The van der Waals surface area contributed by atoms with Crippen molar-refractivity contribution >= 4 is 29.1 Å². The molecule has 1 N–H and O–H groups in total. The lowest BCUT2D eigenvalue weighted by Gasteiger charge is -2.08. The van der Waals surface area contributed by atoms with Gasteiger partial charge in [0.2, 0.25) is 0 Å². The van der Waals surface area contributed by atoms with Gasteiger partial charge < -0.3 is 4.74 Å². The molecule has 21 heavy (non-hydrogen) atoms. The van der Waals surface area contributed by atoms with Crippen LogP contribution in [-0.4, -0.2) is 11.0 Å². The number of ether oxygens (including phenoxy) is 1. The molecular weight excluding hydrogens is 303 g/mol. The maximum Gasteiger partial charge on any atom is 0.417 e. The van der Waals surface area contributed by atoms with Gasteiger partial charge >= 0.3 is 6.09 Å². The van der Waals surface area contributed by atoms with Crippen LogP contribution in [0, 0.1) is 15.9 Å². The van der Waals surface area contributed by atoms with Crippen LogP contribution in [-0.2, 0) is 0 Å². The molecule has 0 aromatic heterocycles. The third kappa shape index (κ3) is 3.67. The first-order valence-corrected chi connectivity index (χ1v) is 6.02. The van der Waals surface area contributed by atoms with Crippen molar-refractivity contribution in [2.75, 3.05) is 5.32 Å². The number of halogens is 2. The summed E-state index contributed by atoms with van der Waals surface area (Å²) in [5.74, 6) is -0.694. The van der Waals surface area contributed by atoms with E-state index in [1.54, 1.807) is 0 Å². The topological polar surface area (TPSA) is 81.5 Å². The molecule has 0 aliphatic carbocycles. The van der Waals surface area contributed by atoms with Crippen molar-refractivity contribution in [1.82, 2.24) is 0 Å². The van der Waals surface area contributed by atoms with Crippen LogP contribution in [0.2, 0.25) is 5.02 Å². The SMILES string of the molecule is O=C(Nc1ccccc1F)Oc1ccc([N+](=O)[O-])cc1Cl. The minimum Gasteiger partial charge on any atom is -0.408 e. The molecule has 2 aromatic rings. The van der Waals surface area contributed by atoms with Crippen molar-refractivity contribution in [3.8, 4) is 5.75 Å². The summed E-state index contributed by atoms with van der Waals surface area (Å²) in [6.45, 7) is 0. The number of amides is 1. The van der Waals surface area contributed by atoms with Crippen LogP contribution in [0.25, 0.3) is 0 Å². The molecule has 6 nitrogen and oxygen atoms in total. The lowest BCUT2D eigenvalue weighted by atomic mass is 10.3. The van der Waals surface area contributed by atoms with E-state index in [1.165, 1.54) is 30.3 Å². The summed E-state index contributed by atoms with van der Waals surface area (Å²) >= 11 is 5.77. The Kier molecular flexibility index (Phi) is 4.34. The number of nitro groups is 1. The van der Waals surface area contributed by atoms with Crippen LogP contribution in [0.1, 0.15) is 0 Å². The Hall–Kier alpha value is -2.67. The summed E-state index contributed by atoms with van der Waals surface area (Å²) in [4.78, 5) is 21.5. The van der Waals surface area contributed by atoms with Gasteiger partial charge in [-0.3, -0.25) is 15.4 Å². The molecule has 0 radical (unpaired) electrons. The first-order valence-electron chi connectivity index (χ1n) is 5.64. The first-order chi connectivity index (χ1) is 9.97. The molecule has 1 amide bonds. The second-order valence-corrected chi connectivity index (χ2v) is 4.27. The maximum absolute atomic E-state index is 13.3. The number of hydrogen-bond acceptors (Lipinski definition) is 4. The van der Waals surface area contributed by atoms with Crippen LogP contribution in [0.15, 0.2) is 42.5 Å². The monoisotopic (exact) mass is 310 g/mol. The van der Waals surface area contributed by atoms with E-state index >= 15 is 0 Å². The number of para-hydroxylation sites is 1. The van der Waals surface area contributed by atoms with Gasteiger partial charge in [-0.1, -0.05) is 23.7 Å². The first kappa shape index (κ1) is 14.7. The number of hydrogen-bond donors (Lipinski definition) is 1. The third-order valence-electron chi connectivity index (χ3n) is 2.44. The number of benzene rings is 2. The second-order valence-electron chi connectivity index (χ2n) is 3.87. The fourth-order valence-corrected chi connectivity index (χ4v) is 1.70. The summed E-state index contributed by atoms with van der Waals surface area (Å²) in [6, 6.07) is 8.91. The van der Waals surface area contributed by atoms with Gasteiger partial charge in [-0.05, 0) is 18.2 Å². The number of carbonyl (C=O) groups is 1. The molecule has 0 fully saturated rings. The number of nitrogens with one attached hydrogen (secondary N) is 1. The maximum atomic E-state index is 13.3. The average molecular weight is 311 g/mol. The molecule has 0 bridgehead atoms. The second kappa shape index (κ2) is 6.19. The van der Waals surface area contributed by atoms with Gasteiger partial charge in [0, 0.05) is 12.1 Å². The Bertz CT molecular complexity index is 708. The minimum atomic E-state index is -0.962. The highest BCUT2D eigenvalue weighted by Gasteiger charge is 2.14. The lowest BCUT2D eigenvalue weighted by Crippen LogP contribution is -2.17. The van der Waals surface area contributed by atoms with E-state index in [9.17, 15) is 19.3 Å². The Morgan fingerprint density at radius 3 is 2.62 bits per heavy atom. The smallest absolute Gasteiger partial charge is 0.408 e. The molecule has 8 heteroatoms. The zero-order valence-corrected chi connectivity index (χ0v) is 11.1. The van der Waals surface area contributed by atoms with Crippen LogP contribution in [0.3, 0.4) is 0 Å². The Morgan fingerprint density at radius 2 is 2.00 bits per heavy atom. The van der Waals surface area contributed by atoms with Gasteiger partial charge in [0.1, 0.15) is 5.82 Å². The van der Waals surface area contributed by atoms with Crippen LogP contribution < -0.4 is 10.1 Å². The highest BCUT2D eigenvalue weighted by atomic mass is 35.5. The summed E-state index contributed by atoms with van der Waals surface area (Å²) in [6.07, 6.45) is -0.962. The van der Waals surface area contributed by atoms with Gasteiger partial charge in [0.25, 0.3) is 5.69 Å². The molecule has 2 rings (SSSR count). The molecule has 2 aromatic carbocycles. The van der Waals surface area contributed by atoms with Crippen molar-refractivity contribution in [2.24, 2.45) is 0 Å². The molecule has 0 aliphatic rings. The van der Waals surface area contributed by atoms with Gasteiger partial charge in [-0.2, -0.15) is 0 Å². The number of carbonyl (C=O) groups excluding carboxylic acids is 1. The average Bonchev–Trinajstić information content (AvgIpc) is 2.43. The largest absolute Gasteiger partial charge is 0.417 e.